The molecule has 8 heteroatoms. The van der Waals surface area contributed by atoms with E-state index in [0.717, 1.165) is 16.8 Å². The van der Waals surface area contributed by atoms with Crippen molar-refractivity contribution in [1.29, 1.82) is 0 Å². The maximum absolute atomic E-state index is 13.2. The number of ether oxygens (including phenoxy) is 2. The van der Waals surface area contributed by atoms with E-state index < -0.39 is 17.5 Å². The van der Waals surface area contributed by atoms with Crippen LogP contribution in [-0.2, 0) is 9.59 Å². The fourth-order valence-electron chi connectivity index (χ4n) is 5.58. The van der Waals surface area contributed by atoms with Crippen LogP contribution in [0.1, 0.15) is 36.4 Å². The lowest BCUT2D eigenvalue weighted by atomic mass is 9.71. The molecule has 0 saturated carbocycles. The van der Waals surface area contributed by atoms with Crippen molar-refractivity contribution in [3.05, 3.63) is 53.6 Å². The van der Waals surface area contributed by atoms with Crippen LogP contribution in [0.25, 0.3) is 0 Å². The number of rotatable bonds is 1. The van der Waals surface area contributed by atoms with Gasteiger partial charge in [-0.2, -0.15) is 0 Å². The smallest absolute Gasteiger partial charge is 0.272 e. The molecule has 0 radical (unpaired) electrons. The highest BCUT2D eigenvalue weighted by atomic mass is 16.7. The van der Waals surface area contributed by atoms with E-state index in [1.54, 1.807) is 11.8 Å². The van der Waals surface area contributed by atoms with Crippen molar-refractivity contribution in [3.63, 3.8) is 0 Å². The standard InChI is InChI=1S/C22H21N3O5/c1-22-9-14-13-4-2-3-5-15(13)23-19(14)20(25(22)18(26)10-24(28)21(22)27)12-6-7-16-17(8-12)30-11-29-16/h2-8,14,19-20,23,28H,9-11H2,1H3/t14?,19?,20-,22-/m1/s1. The van der Waals surface area contributed by atoms with Gasteiger partial charge in [-0.1, -0.05) is 24.3 Å². The Kier molecular flexibility index (Phi) is 3.45. The highest BCUT2D eigenvalue weighted by molar-refractivity contribution is 5.98. The molecule has 2 aromatic carbocycles. The minimum absolute atomic E-state index is 0.0149. The van der Waals surface area contributed by atoms with E-state index in [4.69, 9.17) is 9.47 Å². The number of nitrogens with zero attached hydrogens (tertiary/aromatic N) is 2. The summed E-state index contributed by atoms with van der Waals surface area (Å²) in [5, 5.41) is 14.3. The van der Waals surface area contributed by atoms with Crippen molar-refractivity contribution in [3.8, 4) is 11.5 Å². The molecule has 2 amide bonds. The van der Waals surface area contributed by atoms with Crippen molar-refractivity contribution in [2.75, 3.05) is 18.7 Å². The summed E-state index contributed by atoms with van der Waals surface area (Å²) in [5.74, 6) is 0.584. The number of anilines is 1. The number of hydroxylamine groups is 2. The predicted octanol–water partition coefficient (Wildman–Crippen LogP) is 2.26. The van der Waals surface area contributed by atoms with E-state index in [1.165, 1.54) is 0 Å². The molecule has 4 atom stereocenters. The van der Waals surface area contributed by atoms with E-state index >= 15 is 0 Å². The summed E-state index contributed by atoms with van der Waals surface area (Å²) in [6, 6.07) is 13.2. The van der Waals surface area contributed by atoms with Gasteiger partial charge in [-0.05, 0) is 42.7 Å². The monoisotopic (exact) mass is 407 g/mol. The Labute approximate surface area is 172 Å². The molecule has 8 nitrogen and oxygen atoms in total. The van der Waals surface area contributed by atoms with Crippen molar-refractivity contribution < 1.29 is 24.3 Å². The van der Waals surface area contributed by atoms with Crippen LogP contribution in [0.4, 0.5) is 5.69 Å². The first kappa shape index (κ1) is 17.6. The number of hydrogen-bond acceptors (Lipinski definition) is 6. The number of piperazine rings is 1. The zero-order chi connectivity index (χ0) is 20.6. The zero-order valence-electron chi connectivity index (χ0n) is 16.4. The SMILES string of the molecule is C[C@]12CC3c4ccccc4NC3[C@@H](c3ccc4c(c3)OCO4)N1C(=O)CN(O)C2=O. The average Bonchev–Trinajstić information content (AvgIpc) is 3.34. The first-order chi connectivity index (χ1) is 14.5. The molecule has 0 aliphatic carbocycles. The van der Waals surface area contributed by atoms with E-state index in [2.05, 4.69) is 11.4 Å². The normalized spacial score (nSPS) is 31.2. The Morgan fingerprint density at radius 3 is 2.80 bits per heavy atom. The van der Waals surface area contributed by atoms with Crippen LogP contribution in [0.3, 0.4) is 0 Å². The Morgan fingerprint density at radius 1 is 1.13 bits per heavy atom. The van der Waals surface area contributed by atoms with Crippen molar-refractivity contribution in [2.24, 2.45) is 0 Å². The van der Waals surface area contributed by atoms with Crippen LogP contribution in [-0.4, -0.2) is 51.9 Å². The highest BCUT2D eigenvalue weighted by Gasteiger charge is 2.60. The molecular formula is C22H21N3O5. The quantitative estimate of drug-likeness (QED) is 0.705. The Balaban J connectivity index is 1.53. The van der Waals surface area contributed by atoms with Gasteiger partial charge in [0.25, 0.3) is 5.91 Å². The number of piperidine rings is 1. The molecule has 6 rings (SSSR count). The summed E-state index contributed by atoms with van der Waals surface area (Å²) in [6.45, 7) is 1.57. The Hall–Kier alpha value is -3.26. The van der Waals surface area contributed by atoms with Crippen LogP contribution in [0.5, 0.6) is 11.5 Å². The molecule has 4 aliphatic rings. The third kappa shape index (κ3) is 2.19. The number of amides is 2. The Bertz CT molecular complexity index is 1090. The molecule has 0 aromatic heterocycles. The fraction of sp³-hybridized carbons (Fsp3) is 0.364. The van der Waals surface area contributed by atoms with Gasteiger partial charge in [-0.3, -0.25) is 14.8 Å². The number of para-hydroxylation sites is 1. The van der Waals surface area contributed by atoms with Crippen LogP contribution in [0.15, 0.2) is 42.5 Å². The summed E-state index contributed by atoms with van der Waals surface area (Å²) < 4.78 is 11.0. The average molecular weight is 407 g/mol. The van der Waals surface area contributed by atoms with Crippen molar-refractivity contribution >= 4 is 17.5 Å². The van der Waals surface area contributed by atoms with Gasteiger partial charge >= 0.3 is 0 Å². The molecule has 30 heavy (non-hydrogen) atoms. The number of carbonyl (C=O) groups is 2. The molecule has 0 bridgehead atoms. The maximum atomic E-state index is 13.2. The van der Waals surface area contributed by atoms with E-state index in [-0.39, 0.29) is 31.2 Å². The van der Waals surface area contributed by atoms with E-state index in [9.17, 15) is 14.8 Å². The number of nitrogens with one attached hydrogen (secondary N) is 1. The summed E-state index contributed by atoms with van der Waals surface area (Å²) >= 11 is 0. The lowest BCUT2D eigenvalue weighted by Crippen LogP contribution is -2.71. The van der Waals surface area contributed by atoms with Gasteiger partial charge in [0.2, 0.25) is 12.7 Å². The molecule has 2 unspecified atom stereocenters. The topological polar surface area (TPSA) is 91.3 Å². The third-order valence-electron chi connectivity index (χ3n) is 6.87. The molecule has 2 N–H and O–H groups in total. The number of benzene rings is 2. The first-order valence-corrected chi connectivity index (χ1v) is 10.1. The largest absolute Gasteiger partial charge is 0.454 e. The summed E-state index contributed by atoms with van der Waals surface area (Å²) in [4.78, 5) is 27.9. The minimum Gasteiger partial charge on any atom is -0.454 e. The second kappa shape index (κ2) is 5.89. The lowest BCUT2D eigenvalue weighted by Gasteiger charge is -2.56. The van der Waals surface area contributed by atoms with Crippen LogP contribution in [0, 0.1) is 0 Å². The predicted molar refractivity (Wildman–Crippen MR) is 105 cm³/mol. The van der Waals surface area contributed by atoms with Crippen LogP contribution < -0.4 is 14.8 Å². The second-order valence-electron chi connectivity index (χ2n) is 8.53. The number of fused-ring (bicyclic) bond motifs is 5. The summed E-state index contributed by atoms with van der Waals surface area (Å²) in [6.07, 6.45) is 0.435. The van der Waals surface area contributed by atoms with E-state index in [1.807, 2.05) is 36.4 Å². The molecule has 0 spiro atoms. The van der Waals surface area contributed by atoms with Gasteiger partial charge in [0.1, 0.15) is 12.1 Å². The van der Waals surface area contributed by atoms with Gasteiger partial charge in [0, 0.05) is 11.6 Å². The first-order valence-electron chi connectivity index (χ1n) is 10.1. The molecule has 2 fully saturated rings. The number of carbonyl (C=O) groups excluding carboxylic acids is 2. The fourth-order valence-corrected chi connectivity index (χ4v) is 5.58. The molecule has 2 saturated heterocycles. The summed E-state index contributed by atoms with van der Waals surface area (Å²) in [7, 11) is 0. The lowest BCUT2D eigenvalue weighted by molar-refractivity contribution is -0.203. The zero-order valence-corrected chi connectivity index (χ0v) is 16.4. The number of hydrogen-bond donors (Lipinski definition) is 2. The van der Waals surface area contributed by atoms with Gasteiger partial charge < -0.3 is 19.7 Å². The molecular weight excluding hydrogens is 386 g/mol. The molecule has 4 aliphatic heterocycles. The third-order valence-corrected chi connectivity index (χ3v) is 6.87. The molecule has 2 aromatic rings. The van der Waals surface area contributed by atoms with Gasteiger partial charge in [0.15, 0.2) is 11.5 Å². The highest BCUT2D eigenvalue weighted by Crippen LogP contribution is 2.54. The molecule has 154 valence electrons. The molecule has 4 heterocycles. The Morgan fingerprint density at radius 2 is 1.93 bits per heavy atom. The maximum Gasteiger partial charge on any atom is 0.272 e. The van der Waals surface area contributed by atoms with Crippen molar-refractivity contribution in [2.45, 2.75) is 36.9 Å². The van der Waals surface area contributed by atoms with Gasteiger partial charge in [-0.25, -0.2) is 5.06 Å². The van der Waals surface area contributed by atoms with Gasteiger partial charge in [-0.15, -0.1) is 0 Å². The van der Waals surface area contributed by atoms with Gasteiger partial charge in [0.05, 0.1) is 12.1 Å². The second-order valence-corrected chi connectivity index (χ2v) is 8.53. The van der Waals surface area contributed by atoms with E-state index in [0.29, 0.717) is 23.0 Å². The van der Waals surface area contributed by atoms with Crippen LogP contribution in [0.2, 0.25) is 0 Å². The minimum atomic E-state index is -1.15. The van der Waals surface area contributed by atoms with Crippen LogP contribution >= 0.6 is 0 Å². The van der Waals surface area contributed by atoms with Crippen molar-refractivity contribution in [1.82, 2.24) is 9.96 Å². The summed E-state index contributed by atoms with van der Waals surface area (Å²) in [5.41, 5.74) is 1.87.